The van der Waals surface area contributed by atoms with Crippen LogP contribution < -0.4 is 4.90 Å². The van der Waals surface area contributed by atoms with Crippen LogP contribution in [0.5, 0.6) is 0 Å². The predicted molar refractivity (Wildman–Crippen MR) is 57.2 cm³/mol. The summed E-state index contributed by atoms with van der Waals surface area (Å²) in [5.74, 6) is 0.425. The third-order valence-corrected chi connectivity index (χ3v) is 2.83. The summed E-state index contributed by atoms with van der Waals surface area (Å²) in [4.78, 5) is 13.7. The lowest BCUT2D eigenvalue weighted by atomic mass is 10.1. The molecular weight excluding hydrogens is 174 g/mol. The van der Waals surface area contributed by atoms with E-state index in [4.69, 9.17) is 0 Å². The summed E-state index contributed by atoms with van der Waals surface area (Å²) in [5.41, 5.74) is 1.02. The van der Waals surface area contributed by atoms with Crippen molar-refractivity contribution < 1.29 is 4.79 Å². The minimum atomic E-state index is 0.171. The Bertz CT molecular complexity index is 333. The molecule has 0 saturated carbocycles. The third kappa shape index (κ3) is 1.41. The van der Waals surface area contributed by atoms with E-state index in [0.29, 0.717) is 6.04 Å². The van der Waals surface area contributed by atoms with Gasteiger partial charge in [-0.05, 0) is 25.5 Å². The molecule has 1 heterocycles. The zero-order valence-corrected chi connectivity index (χ0v) is 8.60. The molecule has 1 aliphatic rings. The van der Waals surface area contributed by atoms with Crippen LogP contribution in [-0.2, 0) is 4.79 Å². The second-order valence-electron chi connectivity index (χ2n) is 4.03. The number of benzene rings is 1. The molecule has 1 aromatic rings. The molecular formula is C12H15NO. The van der Waals surface area contributed by atoms with Crippen LogP contribution in [0.25, 0.3) is 0 Å². The van der Waals surface area contributed by atoms with Crippen LogP contribution in [0, 0.1) is 5.92 Å². The fourth-order valence-corrected chi connectivity index (χ4v) is 2.14. The lowest BCUT2D eigenvalue weighted by Gasteiger charge is -2.21. The minimum Gasteiger partial charge on any atom is -0.309 e. The van der Waals surface area contributed by atoms with E-state index in [9.17, 15) is 4.79 Å². The number of nitrogens with zero attached hydrogens (tertiary/aromatic N) is 1. The van der Waals surface area contributed by atoms with Crippen LogP contribution in [0.15, 0.2) is 30.3 Å². The summed E-state index contributed by atoms with van der Waals surface area (Å²) >= 11 is 0. The van der Waals surface area contributed by atoms with Gasteiger partial charge in [-0.25, -0.2) is 0 Å². The number of carbonyl (C=O) groups is 1. The summed E-state index contributed by atoms with van der Waals surface area (Å²) in [6.07, 6.45) is 0.966. The first-order valence-electron chi connectivity index (χ1n) is 5.08. The first-order chi connectivity index (χ1) is 6.70. The average molecular weight is 189 g/mol. The minimum absolute atomic E-state index is 0.171. The Morgan fingerprint density at radius 3 is 2.36 bits per heavy atom. The molecule has 1 amide bonds. The van der Waals surface area contributed by atoms with Gasteiger partial charge in [0.05, 0.1) is 0 Å². The van der Waals surface area contributed by atoms with Gasteiger partial charge in [0.1, 0.15) is 0 Å². The number of para-hydroxylation sites is 1. The standard InChI is InChI=1S/C12H15NO/c1-9-8-10(2)13(12(9)14)11-6-4-3-5-7-11/h3-7,9-10H,8H2,1-2H3. The highest BCUT2D eigenvalue weighted by molar-refractivity contribution is 5.97. The van der Waals surface area contributed by atoms with E-state index in [1.54, 1.807) is 0 Å². The maximum absolute atomic E-state index is 11.8. The average Bonchev–Trinajstić information content (AvgIpc) is 2.43. The van der Waals surface area contributed by atoms with Crippen LogP contribution in [0.4, 0.5) is 5.69 Å². The molecule has 1 fully saturated rings. The lowest BCUT2D eigenvalue weighted by molar-refractivity contribution is -0.119. The van der Waals surface area contributed by atoms with Gasteiger partial charge < -0.3 is 4.90 Å². The van der Waals surface area contributed by atoms with Crippen molar-refractivity contribution in [2.24, 2.45) is 5.92 Å². The highest BCUT2D eigenvalue weighted by atomic mass is 16.2. The van der Waals surface area contributed by atoms with Gasteiger partial charge in [-0.15, -0.1) is 0 Å². The van der Waals surface area contributed by atoms with Crippen LogP contribution in [-0.4, -0.2) is 11.9 Å². The maximum Gasteiger partial charge on any atom is 0.230 e. The van der Waals surface area contributed by atoms with Crippen molar-refractivity contribution in [3.63, 3.8) is 0 Å². The number of amides is 1. The van der Waals surface area contributed by atoms with Crippen LogP contribution >= 0.6 is 0 Å². The summed E-state index contributed by atoms with van der Waals surface area (Å²) in [6.45, 7) is 4.11. The van der Waals surface area contributed by atoms with E-state index in [1.165, 1.54) is 0 Å². The zero-order valence-electron chi connectivity index (χ0n) is 8.60. The number of carbonyl (C=O) groups excluding carboxylic acids is 1. The van der Waals surface area contributed by atoms with Crippen molar-refractivity contribution in [3.8, 4) is 0 Å². The first-order valence-corrected chi connectivity index (χ1v) is 5.08. The number of hydrogen-bond donors (Lipinski definition) is 0. The van der Waals surface area contributed by atoms with Crippen molar-refractivity contribution >= 4 is 11.6 Å². The summed E-state index contributed by atoms with van der Waals surface area (Å²) in [6, 6.07) is 10.2. The highest BCUT2D eigenvalue weighted by Gasteiger charge is 2.34. The molecule has 2 unspecified atom stereocenters. The lowest BCUT2D eigenvalue weighted by Crippen LogP contribution is -2.31. The molecule has 0 bridgehead atoms. The summed E-state index contributed by atoms with van der Waals surface area (Å²) in [7, 11) is 0. The Hall–Kier alpha value is -1.31. The van der Waals surface area contributed by atoms with Gasteiger partial charge in [0.2, 0.25) is 5.91 Å². The zero-order chi connectivity index (χ0) is 10.1. The van der Waals surface area contributed by atoms with Crippen molar-refractivity contribution in [3.05, 3.63) is 30.3 Å². The van der Waals surface area contributed by atoms with Gasteiger partial charge in [-0.3, -0.25) is 4.79 Å². The molecule has 0 aromatic heterocycles. The monoisotopic (exact) mass is 189 g/mol. The molecule has 2 nitrogen and oxygen atoms in total. The van der Waals surface area contributed by atoms with Crippen molar-refractivity contribution in [1.82, 2.24) is 0 Å². The first kappa shape index (κ1) is 9.25. The summed E-state index contributed by atoms with van der Waals surface area (Å²) in [5, 5.41) is 0. The molecule has 2 atom stereocenters. The Morgan fingerprint density at radius 1 is 1.21 bits per heavy atom. The molecule has 74 valence electrons. The Balaban J connectivity index is 2.31. The van der Waals surface area contributed by atoms with E-state index < -0.39 is 0 Å². The second kappa shape index (κ2) is 3.45. The smallest absolute Gasteiger partial charge is 0.230 e. The van der Waals surface area contributed by atoms with Crippen LogP contribution in [0.3, 0.4) is 0 Å². The molecule has 0 aliphatic carbocycles. The van der Waals surface area contributed by atoms with E-state index >= 15 is 0 Å². The fourth-order valence-electron chi connectivity index (χ4n) is 2.14. The SMILES string of the molecule is CC1CC(C)N(c2ccccc2)C1=O. The van der Waals surface area contributed by atoms with Gasteiger partial charge in [-0.1, -0.05) is 25.1 Å². The Morgan fingerprint density at radius 2 is 1.86 bits per heavy atom. The molecule has 0 spiro atoms. The number of rotatable bonds is 1. The molecule has 1 aliphatic heterocycles. The number of anilines is 1. The Kier molecular flexibility index (Phi) is 2.28. The second-order valence-corrected chi connectivity index (χ2v) is 4.03. The van der Waals surface area contributed by atoms with E-state index in [1.807, 2.05) is 42.2 Å². The van der Waals surface area contributed by atoms with Gasteiger partial charge in [0.15, 0.2) is 0 Å². The molecule has 14 heavy (non-hydrogen) atoms. The van der Waals surface area contributed by atoms with Gasteiger partial charge in [0, 0.05) is 17.6 Å². The maximum atomic E-state index is 11.8. The van der Waals surface area contributed by atoms with Gasteiger partial charge >= 0.3 is 0 Å². The van der Waals surface area contributed by atoms with Crippen LogP contribution in [0.2, 0.25) is 0 Å². The van der Waals surface area contributed by atoms with Gasteiger partial charge in [-0.2, -0.15) is 0 Å². The van der Waals surface area contributed by atoms with Crippen molar-refractivity contribution in [2.45, 2.75) is 26.3 Å². The molecule has 0 radical (unpaired) electrons. The molecule has 2 rings (SSSR count). The molecule has 1 saturated heterocycles. The topological polar surface area (TPSA) is 20.3 Å². The normalized spacial score (nSPS) is 27.0. The largest absolute Gasteiger partial charge is 0.309 e. The third-order valence-electron chi connectivity index (χ3n) is 2.83. The molecule has 1 aromatic carbocycles. The molecule has 0 N–H and O–H groups in total. The van der Waals surface area contributed by atoms with Crippen molar-refractivity contribution in [1.29, 1.82) is 0 Å². The quantitative estimate of drug-likeness (QED) is 0.664. The van der Waals surface area contributed by atoms with E-state index in [-0.39, 0.29) is 11.8 Å². The van der Waals surface area contributed by atoms with Gasteiger partial charge in [0.25, 0.3) is 0 Å². The number of hydrogen-bond acceptors (Lipinski definition) is 1. The van der Waals surface area contributed by atoms with E-state index in [2.05, 4.69) is 6.92 Å². The predicted octanol–water partition coefficient (Wildman–Crippen LogP) is 2.45. The fraction of sp³-hybridized carbons (Fsp3) is 0.417. The van der Waals surface area contributed by atoms with Crippen molar-refractivity contribution in [2.75, 3.05) is 4.90 Å². The highest BCUT2D eigenvalue weighted by Crippen LogP contribution is 2.29. The van der Waals surface area contributed by atoms with E-state index in [0.717, 1.165) is 12.1 Å². The Labute approximate surface area is 84.5 Å². The molecule has 2 heteroatoms. The summed E-state index contributed by atoms with van der Waals surface area (Å²) < 4.78 is 0. The van der Waals surface area contributed by atoms with Crippen LogP contribution in [0.1, 0.15) is 20.3 Å².